The van der Waals surface area contributed by atoms with E-state index in [9.17, 15) is 26.7 Å². The predicted molar refractivity (Wildman–Crippen MR) is 131 cm³/mol. The summed E-state index contributed by atoms with van der Waals surface area (Å²) in [5, 5.41) is 7.83. The zero-order valence-corrected chi connectivity index (χ0v) is 19.2. The van der Waals surface area contributed by atoms with E-state index in [2.05, 4.69) is 37.5 Å². The highest BCUT2D eigenvalue weighted by Gasteiger charge is 2.31. The highest BCUT2D eigenvalue weighted by atomic mass is 19.4. The average molecular weight is 517 g/mol. The molecule has 0 atom stereocenters. The van der Waals surface area contributed by atoms with E-state index in [1.165, 1.54) is 25.4 Å². The van der Waals surface area contributed by atoms with Crippen molar-refractivity contribution in [2.75, 3.05) is 23.0 Å². The molecule has 0 saturated heterocycles. The highest BCUT2D eigenvalue weighted by Crippen LogP contribution is 2.37. The molecule has 3 rings (SSSR count). The minimum Gasteiger partial charge on any atom is -0.403 e. The number of hydrogen-bond acceptors (Lipinski definition) is 7. The van der Waals surface area contributed by atoms with Crippen molar-refractivity contribution in [2.24, 2.45) is 10.7 Å². The fourth-order valence-electron chi connectivity index (χ4n) is 3.05. The normalized spacial score (nSPS) is 11.9. The number of nitrogens with zero attached hydrogens (tertiary/aromatic N) is 3. The van der Waals surface area contributed by atoms with Crippen LogP contribution in [-0.2, 0) is 11.0 Å². The van der Waals surface area contributed by atoms with Gasteiger partial charge in [0.1, 0.15) is 17.5 Å². The van der Waals surface area contributed by atoms with E-state index >= 15 is 0 Å². The number of anilines is 4. The Kier molecular flexibility index (Phi) is 8.17. The molecule has 0 spiro atoms. The third kappa shape index (κ3) is 6.66. The minimum absolute atomic E-state index is 0.105. The average Bonchev–Trinajstić information content (AvgIpc) is 2.85. The lowest BCUT2D eigenvalue weighted by Crippen LogP contribution is -2.10. The molecular weight excluding hydrogens is 497 g/mol. The topological polar surface area (TPSA) is 117 Å². The number of nitrogens with one attached hydrogen (secondary N) is 3. The number of allylic oxidation sites excluding steroid dienone is 1. The van der Waals surface area contributed by atoms with Gasteiger partial charge in [-0.3, -0.25) is 9.79 Å². The summed E-state index contributed by atoms with van der Waals surface area (Å²) in [6.45, 7) is 3.33. The molecule has 0 saturated carbocycles. The molecular formula is C24H20F5N7O. The molecule has 0 radical (unpaired) electrons. The third-order valence-electron chi connectivity index (χ3n) is 4.75. The molecule has 192 valence electrons. The van der Waals surface area contributed by atoms with Gasteiger partial charge in [0.2, 0.25) is 11.9 Å². The van der Waals surface area contributed by atoms with Crippen LogP contribution in [0.5, 0.6) is 0 Å². The summed E-state index contributed by atoms with van der Waals surface area (Å²) < 4.78 is 69.3. The molecule has 1 aromatic heterocycles. The van der Waals surface area contributed by atoms with Crippen molar-refractivity contribution in [1.82, 2.24) is 9.97 Å². The third-order valence-corrected chi connectivity index (χ3v) is 4.75. The maximum Gasteiger partial charge on any atom is 0.416 e. The van der Waals surface area contributed by atoms with Gasteiger partial charge in [-0.2, -0.15) is 18.2 Å². The van der Waals surface area contributed by atoms with Gasteiger partial charge < -0.3 is 21.7 Å². The van der Waals surface area contributed by atoms with Gasteiger partial charge in [-0.1, -0.05) is 6.58 Å². The van der Waals surface area contributed by atoms with Gasteiger partial charge in [0.25, 0.3) is 0 Å². The second-order valence-electron chi connectivity index (χ2n) is 7.30. The number of rotatable bonds is 8. The summed E-state index contributed by atoms with van der Waals surface area (Å²) in [5.41, 5.74) is 3.97. The molecule has 0 unspecified atom stereocenters. The Morgan fingerprint density at radius 3 is 2.46 bits per heavy atom. The number of hydrogen-bond donors (Lipinski definition) is 4. The van der Waals surface area contributed by atoms with Crippen LogP contribution in [-0.4, -0.2) is 29.1 Å². The van der Waals surface area contributed by atoms with E-state index in [0.717, 1.165) is 24.5 Å². The summed E-state index contributed by atoms with van der Waals surface area (Å²) in [6, 6.07) is 5.39. The summed E-state index contributed by atoms with van der Waals surface area (Å²) >= 11 is 0. The number of aromatic nitrogens is 2. The van der Waals surface area contributed by atoms with Crippen LogP contribution in [0.1, 0.15) is 5.56 Å². The first-order chi connectivity index (χ1) is 17.5. The van der Waals surface area contributed by atoms with Crippen molar-refractivity contribution in [3.63, 3.8) is 0 Å². The number of amides is 1. The van der Waals surface area contributed by atoms with E-state index in [1.54, 1.807) is 0 Å². The smallest absolute Gasteiger partial charge is 0.403 e. The Labute approximate surface area is 207 Å². The summed E-state index contributed by atoms with van der Waals surface area (Å²) in [4.78, 5) is 23.6. The van der Waals surface area contributed by atoms with Gasteiger partial charge in [-0.15, -0.1) is 0 Å². The molecule has 13 heteroatoms. The van der Waals surface area contributed by atoms with E-state index < -0.39 is 34.8 Å². The Bertz CT molecular complexity index is 1390. The zero-order valence-electron chi connectivity index (χ0n) is 19.2. The number of nitrogens with two attached hydrogens (primary N) is 1. The number of aliphatic imine (C=N–C) groups is 1. The molecule has 1 heterocycles. The zero-order chi connectivity index (χ0) is 27.2. The molecule has 0 aliphatic rings. The quantitative estimate of drug-likeness (QED) is 0.185. The number of carbonyl (C=O) groups excluding carboxylic acids is 1. The van der Waals surface area contributed by atoms with Crippen LogP contribution in [0.4, 0.5) is 45.1 Å². The number of halogens is 5. The van der Waals surface area contributed by atoms with E-state index in [1.807, 2.05) is 0 Å². The molecule has 1 amide bonds. The second kappa shape index (κ2) is 11.3. The number of alkyl halides is 3. The number of carbonyl (C=O) groups is 1. The largest absolute Gasteiger partial charge is 0.416 e. The summed E-state index contributed by atoms with van der Waals surface area (Å²) in [6.07, 6.45) is -0.162. The second-order valence-corrected chi connectivity index (χ2v) is 7.30. The lowest BCUT2D eigenvalue weighted by Gasteiger charge is -2.16. The summed E-state index contributed by atoms with van der Waals surface area (Å²) in [7, 11) is 1.49. The van der Waals surface area contributed by atoms with Crippen LogP contribution in [0.3, 0.4) is 0 Å². The Balaban J connectivity index is 2.15. The van der Waals surface area contributed by atoms with Gasteiger partial charge in [-0.05, 0) is 42.5 Å². The van der Waals surface area contributed by atoms with Crippen LogP contribution in [0.15, 0.2) is 72.1 Å². The first-order valence-corrected chi connectivity index (χ1v) is 10.4. The van der Waals surface area contributed by atoms with Crippen molar-refractivity contribution in [3.8, 4) is 11.1 Å². The Morgan fingerprint density at radius 2 is 1.81 bits per heavy atom. The van der Waals surface area contributed by atoms with Crippen LogP contribution in [0.25, 0.3) is 11.1 Å². The van der Waals surface area contributed by atoms with Crippen molar-refractivity contribution < 1.29 is 26.7 Å². The van der Waals surface area contributed by atoms with Gasteiger partial charge in [0, 0.05) is 42.5 Å². The highest BCUT2D eigenvalue weighted by molar-refractivity contribution is 5.99. The molecule has 0 aliphatic heterocycles. The predicted octanol–water partition coefficient (Wildman–Crippen LogP) is 5.22. The lowest BCUT2D eigenvalue weighted by molar-refractivity contribution is -0.137. The lowest BCUT2D eigenvalue weighted by atomic mass is 10.0. The number of benzene rings is 2. The Hall–Kier alpha value is -4.81. The van der Waals surface area contributed by atoms with E-state index in [0.29, 0.717) is 18.2 Å². The summed E-state index contributed by atoms with van der Waals surface area (Å²) in [5.74, 6) is -2.69. The molecule has 2 aromatic carbocycles. The van der Waals surface area contributed by atoms with E-state index in [-0.39, 0.29) is 34.4 Å². The van der Waals surface area contributed by atoms with Crippen LogP contribution in [0, 0.1) is 11.6 Å². The molecule has 0 fully saturated rings. The molecule has 0 aliphatic carbocycles. The molecule has 5 N–H and O–H groups in total. The first-order valence-electron chi connectivity index (χ1n) is 10.4. The van der Waals surface area contributed by atoms with Crippen LogP contribution >= 0.6 is 0 Å². The molecule has 8 nitrogen and oxygen atoms in total. The fraction of sp³-hybridized carbons (Fsp3) is 0.0833. The van der Waals surface area contributed by atoms with Crippen LogP contribution < -0.4 is 21.7 Å². The van der Waals surface area contributed by atoms with Gasteiger partial charge in [0.05, 0.1) is 16.9 Å². The SMILES string of the molecule is C=CC(=O)Nc1ccc(F)c(Nc2nc(NC(C=NC)=CN)ncc2-c2cc(C(F)(F)F)ccc2F)c1. The van der Waals surface area contributed by atoms with Crippen LogP contribution in [0.2, 0.25) is 0 Å². The van der Waals surface area contributed by atoms with Gasteiger partial charge in [0.15, 0.2) is 0 Å². The van der Waals surface area contributed by atoms with Crippen molar-refractivity contribution in [3.05, 3.63) is 84.3 Å². The molecule has 3 aromatic rings. The maximum absolute atomic E-state index is 14.7. The Morgan fingerprint density at radius 1 is 1.08 bits per heavy atom. The molecule has 37 heavy (non-hydrogen) atoms. The van der Waals surface area contributed by atoms with E-state index in [4.69, 9.17) is 5.73 Å². The maximum atomic E-state index is 14.7. The van der Waals surface area contributed by atoms with Crippen molar-refractivity contribution in [2.45, 2.75) is 6.18 Å². The monoisotopic (exact) mass is 517 g/mol. The fourth-order valence-corrected chi connectivity index (χ4v) is 3.05. The van der Waals surface area contributed by atoms with Crippen molar-refractivity contribution >= 4 is 35.3 Å². The van der Waals surface area contributed by atoms with Gasteiger partial charge >= 0.3 is 6.18 Å². The first kappa shape index (κ1) is 26.8. The van der Waals surface area contributed by atoms with Gasteiger partial charge in [-0.25, -0.2) is 13.8 Å². The van der Waals surface area contributed by atoms with Crippen molar-refractivity contribution in [1.29, 1.82) is 0 Å². The standard InChI is InChI=1S/C24H20F5N7O/c1-3-21(37)33-14-5-7-19(26)20(9-14)35-22-17(12-32-23(36-22)34-15(10-30)11-31-2)16-8-13(24(27,28)29)4-6-18(16)25/h3-12H,1,30H2,2H3,(H,33,37)(H2,32,34,35,36). The minimum atomic E-state index is -4.75. The molecule has 0 bridgehead atoms.